The van der Waals surface area contributed by atoms with Gasteiger partial charge in [-0.2, -0.15) is 5.10 Å². The Morgan fingerprint density at radius 3 is 2.27 bits per heavy atom. The predicted molar refractivity (Wildman–Crippen MR) is 58.7 cm³/mol. The number of aryl methyl sites for hydroxylation is 2. The molecule has 2 N–H and O–H groups in total. The smallest absolute Gasteiger partial charge is 0.0628 e. The lowest BCUT2D eigenvalue weighted by Crippen LogP contribution is -2.12. The van der Waals surface area contributed by atoms with Crippen LogP contribution in [0.4, 0.5) is 0 Å². The zero-order valence-corrected chi connectivity index (χ0v) is 9.69. The first kappa shape index (κ1) is 12.2. The minimum Gasteiger partial charge on any atom is -0.396 e. The summed E-state index contributed by atoms with van der Waals surface area (Å²) in [5, 5.41) is 22.3. The van der Waals surface area contributed by atoms with Crippen LogP contribution in [-0.2, 0) is 13.5 Å². The summed E-state index contributed by atoms with van der Waals surface area (Å²) in [7, 11) is 1.93. The SMILES string of the molecule is Cc1nn(C)c(C)c1CCC(CO)CO. The van der Waals surface area contributed by atoms with E-state index in [4.69, 9.17) is 10.2 Å². The number of aromatic nitrogens is 2. The van der Waals surface area contributed by atoms with Gasteiger partial charge in [0.1, 0.15) is 0 Å². The first-order valence-corrected chi connectivity index (χ1v) is 5.31. The van der Waals surface area contributed by atoms with Crippen molar-refractivity contribution in [1.82, 2.24) is 9.78 Å². The van der Waals surface area contributed by atoms with E-state index in [0.717, 1.165) is 18.5 Å². The van der Waals surface area contributed by atoms with Crippen molar-refractivity contribution < 1.29 is 10.2 Å². The summed E-state index contributed by atoms with van der Waals surface area (Å²) in [5.41, 5.74) is 3.45. The molecule has 0 fully saturated rings. The van der Waals surface area contributed by atoms with Crippen LogP contribution in [0.15, 0.2) is 0 Å². The van der Waals surface area contributed by atoms with Gasteiger partial charge in [-0.1, -0.05) is 0 Å². The molecule has 1 heterocycles. The van der Waals surface area contributed by atoms with E-state index in [1.54, 1.807) is 0 Å². The van der Waals surface area contributed by atoms with Gasteiger partial charge in [0.2, 0.25) is 0 Å². The van der Waals surface area contributed by atoms with Gasteiger partial charge in [-0.3, -0.25) is 4.68 Å². The number of nitrogens with zero attached hydrogens (tertiary/aromatic N) is 2. The van der Waals surface area contributed by atoms with Crippen molar-refractivity contribution in [3.63, 3.8) is 0 Å². The third kappa shape index (κ3) is 2.79. The Balaban J connectivity index is 2.64. The summed E-state index contributed by atoms with van der Waals surface area (Å²) in [6.45, 7) is 4.14. The van der Waals surface area contributed by atoms with E-state index in [1.165, 1.54) is 11.3 Å². The first-order chi connectivity index (χ1) is 7.10. The van der Waals surface area contributed by atoms with Gasteiger partial charge >= 0.3 is 0 Å². The van der Waals surface area contributed by atoms with Crippen LogP contribution in [0, 0.1) is 19.8 Å². The molecule has 0 atom stereocenters. The largest absolute Gasteiger partial charge is 0.396 e. The highest BCUT2D eigenvalue weighted by Gasteiger charge is 2.12. The molecule has 0 spiro atoms. The number of rotatable bonds is 5. The second-order valence-corrected chi connectivity index (χ2v) is 4.04. The predicted octanol–water partition coefficient (Wildman–Crippen LogP) is 0.570. The minimum atomic E-state index is -0.0102. The maximum absolute atomic E-state index is 8.97. The fourth-order valence-electron chi connectivity index (χ4n) is 1.77. The van der Waals surface area contributed by atoms with Gasteiger partial charge in [-0.15, -0.1) is 0 Å². The Morgan fingerprint density at radius 2 is 1.87 bits per heavy atom. The Kier molecular flexibility index (Phi) is 4.29. The fraction of sp³-hybridized carbons (Fsp3) is 0.727. The van der Waals surface area contributed by atoms with Crippen molar-refractivity contribution in [2.24, 2.45) is 13.0 Å². The molecular weight excluding hydrogens is 192 g/mol. The molecule has 0 saturated heterocycles. The van der Waals surface area contributed by atoms with Crippen LogP contribution in [-0.4, -0.2) is 33.2 Å². The van der Waals surface area contributed by atoms with Gasteiger partial charge in [0.25, 0.3) is 0 Å². The van der Waals surface area contributed by atoms with Gasteiger partial charge in [0.15, 0.2) is 0 Å². The van der Waals surface area contributed by atoms with Crippen LogP contribution in [0.3, 0.4) is 0 Å². The molecule has 0 amide bonds. The third-order valence-electron chi connectivity index (χ3n) is 2.98. The topological polar surface area (TPSA) is 58.3 Å². The molecule has 86 valence electrons. The number of aliphatic hydroxyl groups excluding tert-OH is 2. The monoisotopic (exact) mass is 212 g/mol. The number of hydrogen-bond donors (Lipinski definition) is 2. The summed E-state index contributed by atoms with van der Waals surface area (Å²) in [6.07, 6.45) is 1.68. The highest BCUT2D eigenvalue weighted by molar-refractivity contribution is 5.24. The van der Waals surface area contributed by atoms with E-state index in [0.29, 0.717) is 0 Å². The van der Waals surface area contributed by atoms with Crippen molar-refractivity contribution in [3.8, 4) is 0 Å². The molecular formula is C11H20N2O2. The zero-order valence-electron chi connectivity index (χ0n) is 9.69. The molecule has 1 rings (SSSR count). The van der Waals surface area contributed by atoms with E-state index >= 15 is 0 Å². The maximum Gasteiger partial charge on any atom is 0.0628 e. The van der Waals surface area contributed by atoms with E-state index in [1.807, 2.05) is 25.6 Å². The molecule has 0 aliphatic carbocycles. The molecule has 0 saturated carbocycles. The van der Waals surface area contributed by atoms with Gasteiger partial charge in [-0.05, 0) is 32.3 Å². The molecule has 0 radical (unpaired) electrons. The van der Waals surface area contributed by atoms with Crippen molar-refractivity contribution in [2.45, 2.75) is 26.7 Å². The summed E-state index contributed by atoms with van der Waals surface area (Å²) < 4.78 is 1.87. The summed E-state index contributed by atoms with van der Waals surface area (Å²) in [4.78, 5) is 0. The van der Waals surface area contributed by atoms with Crippen molar-refractivity contribution >= 4 is 0 Å². The van der Waals surface area contributed by atoms with E-state index < -0.39 is 0 Å². The maximum atomic E-state index is 8.97. The first-order valence-electron chi connectivity index (χ1n) is 5.31. The molecule has 0 aliphatic heterocycles. The van der Waals surface area contributed by atoms with Gasteiger partial charge in [-0.25, -0.2) is 0 Å². The van der Waals surface area contributed by atoms with Crippen LogP contribution in [0.25, 0.3) is 0 Å². The van der Waals surface area contributed by atoms with Gasteiger partial charge < -0.3 is 10.2 Å². The zero-order chi connectivity index (χ0) is 11.4. The quantitative estimate of drug-likeness (QED) is 0.750. The van der Waals surface area contributed by atoms with Crippen molar-refractivity contribution in [2.75, 3.05) is 13.2 Å². The standard InChI is InChI=1S/C11H20N2O2/c1-8-11(9(2)13(3)12-8)5-4-10(6-14)7-15/h10,14-15H,4-7H2,1-3H3. The molecule has 4 nitrogen and oxygen atoms in total. The van der Waals surface area contributed by atoms with Crippen LogP contribution in [0.2, 0.25) is 0 Å². The lowest BCUT2D eigenvalue weighted by molar-refractivity contribution is 0.144. The third-order valence-corrected chi connectivity index (χ3v) is 2.98. The van der Waals surface area contributed by atoms with E-state index in [-0.39, 0.29) is 19.1 Å². The average Bonchev–Trinajstić information content (AvgIpc) is 2.45. The normalized spacial score (nSPS) is 11.3. The Hall–Kier alpha value is -0.870. The highest BCUT2D eigenvalue weighted by Crippen LogP contribution is 2.16. The number of aliphatic hydroxyl groups is 2. The lowest BCUT2D eigenvalue weighted by atomic mass is 10.00. The van der Waals surface area contributed by atoms with Crippen LogP contribution in [0.5, 0.6) is 0 Å². The lowest BCUT2D eigenvalue weighted by Gasteiger charge is -2.10. The highest BCUT2D eigenvalue weighted by atomic mass is 16.3. The number of hydrogen-bond acceptors (Lipinski definition) is 3. The second-order valence-electron chi connectivity index (χ2n) is 4.04. The van der Waals surface area contributed by atoms with Crippen molar-refractivity contribution in [3.05, 3.63) is 17.0 Å². The van der Waals surface area contributed by atoms with Gasteiger partial charge in [0.05, 0.1) is 5.69 Å². The fourth-order valence-corrected chi connectivity index (χ4v) is 1.77. The average molecular weight is 212 g/mol. The van der Waals surface area contributed by atoms with Crippen LogP contribution >= 0.6 is 0 Å². The summed E-state index contributed by atoms with van der Waals surface area (Å²) in [6, 6.07) is 0. The van der Waals surface area contributed by atoms with Crippen LogP contribution in [0.1, 0.15) is 23.4 Å². The van der Waals surface area contributed by atoms with Gasteiger partial charge in [0, 0.05) is 31.9 Å². The van der Waals surface area contributed by atoms with Crippen LogP contribution < -0.4 is 0 Å². The summed E-state index contributed by atoms with van der Waals surface area (Å²) in [5.74, 6) is -0.0102. The Bertz CT molecular complexity index is 317. The summed E-state index contributed by atoms with van der Waals surface area (Å²) >= 11 is 0. The molecule has 0 aromatic carbocycles. The molecule has 4 heteroatoms. The molecule has 1 aromatic heterocycles. The molecule has 1 aromatic rings. The molecule has 0 unspecified atom stereocenters. The molecule has 0 bridgehead atoms. The molecule has 15 heavy (non-hydrogen) atoms. The van der Waals surface area contributed by atoms with E-state index in [2.05, 4.69) is 5.10 Å². The minimum absolute atomic E-state index is 0.0102. The van der Waals surface area contributed by atoms with Crippen molar-refractivity contribution in [1.29, 1.82) is 0 Å². The second kappa shape index (κ2) is 5.28. The Morgan fingerprint density at radius 1 is 1.27 bits per heavy atom. The molecule has 0 aliphatic rings. The Labute approximate surface area is 90.5 Å². The van der Waals surface area contributed by atoms with E-state index in [9.17, 15) is 0 Å².